The fourth-order valence-electron chi connectivity index (χ4n) is 3.08. The van der Waals surface area contributed by atoms with E-state index < -0.39 is 12.0 Å². The van der Waals surface area contributed by atoms with E-state index in [1.54, 1.807) is 22.5 Å². The summed E-state index contributed by atoms with van der Waals surface area (Å²) >= 11 is 1.54. The van der Waals surface area contributed by atoms with Gasteiger partial charge in [0, 0.05) is 11.3 Å². The highest BCUT2D eigenvalue weighted by molar-refractivity contribution is 7.99. The lowest BCUT2D eigenvalue weighted by Gasteiger charge is -2.29. The largest absolute Gasteiger partial charge is 0.494 e. The molecule has 0 aliphatic carbocycles. The molecule has 8 heteroatoms. The van der Waals surface area contributed by atoms with E-state index in [2.05, 4.69) is 22.0 Å². The Labute approximate surface area is 168 Å². The van der Waals surface area contributed by atoms with Crippen LogP contribution >= 0.6 is 11.8 Å². The number of para-hydroxylation sites is 1. The average molecular weight is 401 g/mol. The van der Waals surface area contributed by atoms with E-state index in [4.69, 9.17) is 9.47 Å². The van der Waals surface area contributed by atoms with Gasteiger partial charge in [-0.05, 0) is 25.7 Å². The summed E-state index contributed by atoms with van der Waals surface area (Å²) in [5, 5.41) is 8.47. The Kier molecular flexibility index (Phi) is 6.41. The van der Waals surface area contributed by atoms with Crippen LogP contribution in [0.25, 0.3) is 0 Å². The summed E-state index contributed by atoms with van der Waals surface area (Å²) in [6.07, 6.45) is 1.55. The summed E-state index contributed by atoms with van der Waals surface area (Å²) in [4.78, 5) is 17.4. The number of aromatic nitrogens is 3. The standard InChI is InChI=1S/C20H24N4O3S/c1-5-12-27-18(25)16-13(4)21-19-22-20(28-7-3)23-24(19)17(16)14-10-8-9-11-15(14)26-6-2/h5,8-11,17H,1,6-7,12H2,2-4H3,(H,21,22,23). The maximum atomic E-state index is 12.9. The Morgan fingerprint density at radius 2 is 2.18 bits per heavy atom. The number of hydrogen-bond donors (Lipinski definition) is 1. The molecule has 1 aromatic carbocycles. The molecule has 0 radical (unpaired) electrons. The van der Waals surface area contributed by atoms with Crippen LogP contribution in [0.3, 0.4) is 0 Å². The van der Waals surface area contributed by atoms with Crippen molar-refractivity contribution in [3.8, 4) is 5.75 Å². The molecule has 0 amide bonds. The third-order valence-electron chi connectivity index (χ3n) is 4.17. The van der Waals surface area contributed by atoms with Crippen molar-refractivity contribution in [1.29, 1.82) is 0 Å². The van der Waals surface area contributed by atoms with Gasteiger partial charge < -0.3 is 14.8 Å². The molecule has 2 heterocycles. The van der Waals surface area contributed by atoms with Crippen LogP contribution < -0.4 is 10.1 Å². The zero-order valence-corrected chi connectivity index (χ0v) is 17.1. The Morgan fingerprint density at radius 3 is 2.89 bits per heavy atom. The molecule has 1 aliphatic heterocycles. The lowest BCUT2D eigenvalue weighted by atomic mass is 9.95. The minimum Gasteiger partial charge on any atom is -0.494 e. The van der Waals surface area contributed by atoms with E-state index in [9.17, 15) is 4.79 Å². The summed E-state index contributed by atoms with van der Waals surface area (Å²) in [7, 11) is 0. The van der Waals surface area contributed by atoms with Gasteiger partial charge in [-0.25, -0.2) is 9.48 Å². The number of nitrogens with one attached hydrogen (secondary N) is 1. The molecule has 148 valence electrons. The molecule has 1 aromatic heterocycles. The molecule has 1 N–H and O–H groups in total. The van der Waals surface area contributed by atoms with Gasteiger partial charge in [-0.1, -0.05) is 49.5 Å². The number of nitrogens with zero attached hydrogens (tertiary/aromatic N) is 3. The summed E-state index contributed by atoms with van der Waals surface area (Å²) in [6.45, 7) is 10.1. The van der Waals surface area contributed by atoms with Gasteiger partial charge in [-0.2, -0.15) is 4.98 Å². The average Bonchev–Trinajstić information content (AvgIpc) is 3.08. The summed E-state index contributed by atoms with van der Waals surface area (Å²) < 4.78 is 12.9. The van der Waals surface area contributed by atoms with Crippen LogP contribution in [0.15, 0.2) is 53.3 Å². The second-order valence-corrected chi connectivity index (χ2v) is 7.25. The summed E-state index contributed by atoms with van der Waals surface area (Å²) in [5.74, 6) is 1.71. The number of ether oxygens (including phenoxy) is 2. The van der Waals surface area contributed by atoms with E-state index in [0.717, 1.165) is 11.3 Å². The van der Waals surface area contributed by atoms with Crippen LogP contribution in [0.4, 0.5) is 5.95 Å². The lowest BCUT2D eigenvalue weighted by molar-refractivity contribution is -0.138. The van der Waals surface area contributed by atoms with Crippen molar-refractivity contribution in [2.45, 2.75) is 32.0 Å². The van der Waals surface area contributed by atoms with Crippen LogP contribution in [-0.2, 0) is 9.53 Å². The Bertz CT molecular complexity index is 907. The van der Waals surface area contributed by atoms with Crippen LogP contribution in [0, 0.1) is 0 Å². The molecule has 28 heavy (non-hydrogen) atoms. The number of allylic oxidation sites excluding steroid dienone is 1. The summed E-state index contributed by atoms with van der Waals surface area (Å²) in [5.41, 5.74) is 1.98. The molecule has 1 atom stereocenters. The van der Waals surface area contributed by atoms with Gasteiger partial charge in [-0.15, -0.1) is 5.10 Å². The van der Waals surface area contributed by atoms with Crippen molar-refractivity contribution >= 4 is 23.7 Å². The van der Waals surface area contributed by atoms with Crippen LogP contribution in [0.5, 0.6) is 5.75 Å². The highest BCUT2D eigenvalue weighted by atomic mass is 32.2. The zero-order chi connectivity index (χ0) is 20.1. The molecule has 1 aliphatic rings. The fraction of sp³-hybridized carbons (Fsp3) is 0.350. The number of thioether (sulfide) groups is 1. The smallest absolute Gasteiger partial charge is 0.338 e. The first-order valence-corrected chi connectivity index (χ1v) is 10.2. The Morgan fingerprint density at radius 1 is 1.39 bits per heavy atom. The first-order valence-electron chi connectivity index (χ1n) is 9.17. The van der Waals surface area contributed by atoms with E-state index in [-0.39, 0.29) is 6.61 Å². The quantitative estimate of drug-likeness (QED) is 0.410. The van der Waals surface area contributed by atoms with E-state index in [1.807, 2.05) is 45.0 Å². The monoisotopic (exact) mass is 400 g/mol. The number of carbonyl (C=O) groups is 1. The maximum absolute atomic E-state index is 12.9. The summed E-state index contributed by atoms with van der Waals surface area (Å²) in [6, 6.07) is 7.15. The third kappa shape index (κ3) is 3.91. The molecule has 3 rings (SSSR count). The van der Waals surface area contributed by atoms with Crippen molar-refractivity contribution < 1.29 is 14.3 Å². The first kappa shape index (κ1) is 20.0. The lowest BCUT2D eigenvalue weighted by Crippen LogP contribution is -2.30. The highest BCUT2D eigenvalue weighted by Gasteiger charge is 2.36. The second-order valence-electron chi connectivity index (χ2n) is 6.02. The molecule has 0 saturated carbocycles. The van der Waals surface area contributed by atoms with E-state index in [0.29, 0.717) is 34.7 Å². The fourth-order valence-corrected chi connectivity index (χ4v) is 3.63. The minimum absolute atomic E-state index is 0.136. The SMILES string of the molecule is C=CCOC(=O)C1=C(C)Nc2nc(SCC)nn2C1c1ccccc1OCC. The van der Waals surface area contributed by atoms with Gasteiger partial charge in [0.15, 0.2) is 0 Å². The normalized spacial score (nSPS) is 15.6. The van der Waals surface area contributed by atoms with Gasteiger partial charge >= 0.3 is 5.97 Å². The van der Waals surface area contributed by atoms with Crippen molar-refractivity contribution in [2.75, 3.05) is 24.3 Å². The number of esters is 1. The van der Waals surface area contributed by atoms with Crippen LogP contribution in [-0.4, -0.2) is 39.7 Å². The maximum Gasteiger partial charge on any atom is 0.338 e. The van der Waals surface area contributed by atoms with Gasteiger partial charge in [0.25, 0.3) is 0 Å². The van der Waals surface area contributed by atoms with Gasteiger partial charge in [0.2, 0.25) is 11.1 Å². The van der Waals surface area contributed by atoms with Gasteiger partial charge in [0.1, 0.15) is 18.4 Å². The molecular formula is C20H24N4O3S. The number of fused-ring (bicyclic) bond motifs is 1. The minimum atomic E-state index is -0.505. The highest BCUT2D eigenvalue weighted by Crippen LogP contribution is 2.40. The Hall–Kier alpha value is -2.74. The molecule has 0 bridgehead atoms. The molecule has 1 unspecified atom stereocenters. The number of anilines is 1. The van der Waals surface area contributed by atoms with Crippen molar-refractivity contribution in [2.24, 2.45) is 0 Å². The van der Waals surface area contributed by atoms with Crippen molar-refractivity contribution in [3.05, 3.63) is 53.8 Å². The zero-order valence-electron chi connectivity index (χ0n) is 16.3. The van der Waals surface area contributed by atoms with Crippen LogP contribution in [0.1, 0.15) is 32.4 Å². The Balaban J connectivity index is 2.15. The molecule has 0 spiro atoms. The van der Waals surface area contributed by atoms with E-state index >= 15 is 0 Å². The van der Waals surface area contributed by atoms with Crippen molar-refractivity contribution in [1.82, 2.24) is 14.8 Å². The van der Waals surface area contributed by atoms with E-state index in [1.165, 1.54) is 0 Å². The topological polar surface area (TPSA) is 78.3 Å². The molecular weight excluding hydrogens is 376 g/mol. The van der Waals surface area contributed by atoms with Crippen LogP contribution in [0.2, 0.25) is 0 Å². The second kappa shape index (κ2) is 8.97. The number of rotatable bonds is 8. The molecule has 2 aromatic rings. The molecule has 0 saturated heterocycles. The number of hydrogen-bond acceptors (Lipinski definition) is 7. The predicted octanol–water partition coefficient (Wildman–Crippen LogP) is 3.81. The number of benzene rings is 1. The van der Waals surface area contributed by atoms with Gasteiger partial charge in [0.05, 0.1) is 12.2 Å². The molecule has 0 fully saturated rings. The predicted molar refractivity (Wildman–Crippen MR) is 110 cm³/mol. The van der Waals surface area contributed by atoms with Gasteiger partial charge in [-0.3, -0.25) is 0 Å². The number of carbonyl (C=O) groups excluding carboxylic acids is 1. The first-order chi connectivity index (χ1) is 13.6. The molecule has 7 nitrogen and oxygen atoms in total. The van der Waals surface area contributed by atoms with Crippen molar-refractivity contribution in [3.63, 3.8) is 0 Å². The third-order valence-corrected chi connectivity index (χ3v) is 4.89.